The molecule has 0 radical (unpaired) electrons. The summed E-state index contributed by atoms with van der Waals surface area (Å²) in [6.07, 6.45) is 0. The molecule has 2 atom stereocenters. The Kier molecular flexibility index (Phi) is 5.74. The highest BCUT2D eigenvalue weighted by molar-refractivity contribution is 7.99. The van der Waals surface area contributed by atoms with Crippen LogP contribution in [0.1, 0.15) is 30.7 Å². The van der Waals surface area contributed by atoms with Crippen molar-refractivity contribution in [1.29, 1.82) is 0 Å². The van der Waals surface area contributed by atoms with E-state index < -0.39 is 0 Å². The fourth-order valence-corrected chi connectivity index (χ4v) is 4.01. The first-order chi connectivity index (χ1) is 12.5. The molecule has 2 aromatic carbocycles. The van der Waals surface area contributed by atoms with Crippen LogP contribution in [0.4, 0.5) is 4.39 Å². The summed E-state index contributed by atoms with van der Waals surface area (Å²) in [6, 6.07) is 13.6. The first-order valence-electron chi connectivity index (χ1n) is 8.43. The minimum absolute atomic E-state index is 0.0182. The smallest absolute Gasteiger partial charge is 0.262 e. The molecule has 0 fully saturated rings. The molecule has 0 saturated carbocycles. The molecule has 0 aliphatic carbocycles. The van der Waals surface area contributed by atoms with Crippen molar-refractivity contribution < 1.29 is 9.13 Å². The third kappa shape index (κ3) is 3.81. The van der Waals surface area contributed by atoms with E-state index in [0.29, 0.717) is 22.7 Å². The van der Waals surface area contributed by atoms with E-state index >= 15 is 0 Å². The highest BCUT2D eigenvalue weighted by atomic mass is 32.2. The van der Waals surface area contributed by atoms with E-state index in [1.807, 2.05) is 32.0 Å². The van der Waals surface area contributed by atoms with Crippen LogP contribution in [0.25, 0.3) is 10.9 Å². The first kappa shape index (κ1) is 18.6. The number of para-hydroxylation sites is 1. The van der Waals surface area contributed by atoms with Crippen LogP contribution in [0, 0.1) is 5.82 Å². The fraction of sp³-hybridized carbons (Fsp3) is 0.300. The summed E-state index contributed by atoms with van der Waals surface area (Å²) < 4.78 is 20.1. The topological polar surface area (TPSA) is 44.1 Å². The minimum Gasteiger partial charge on any atom is -0.383 e. The number of benzene rings is 2. The van der Waals surface area contributed by atoms with Crippen molar-refractivity contribution in [2.45, 2.75) is 30.3 Å². The Balaban J connectivity index is 2.06. The van der Waals surface area contributed by atoms with Gasteiger partial charge in [0.1, 0.15) is 5.82 Å². The van der Waals surface area contributed by atoms with Gasteiger partial charge in [-0.1, -0.05) is 36.0 Å². The van der Waals surface area contributed by atoms with Crippen molar-refractivity contribution in [3.05, 3.63) is 70.3 Å². The molecule has 1 aromatic heterocycles. The quantitative estimate of drug-likeness (QED) is 0.469. The Morgan fingerprint density at radius 3 is 2.54 bits per heavy atom. The monoisotopic (exact) mass is 372 g/mol. The third-order valence-corrected chi connectivity index (χ3v) is 5.37. The van der Waals surface area contributed by atoms with Crippen LogP contribution in [0.2, 0.25) is 0 Å². The van der Waals surface area contributed by atoms with Crippen LogP contribution in [0.15, 0.2) is 58.5 Å². The SMILES string of the molecule is COC[C@@H](C)n1c(S[C@@H](C)c2ccc(F)cc2)nc2ccccc2c1=O. The zero-order valence-corrected chi connectivity index (χ0v) is 15.8. The van der Waals surface area contributed by atoms with E-state index in [9.17, 15) is 9.18 Å². The van der Waals surface area contributed by atoms with Gasteiger partial charge in [0.2, 0.25) is 0 Å². The lowest BCUT2D eigenvalue weighted by Crippen LogP contribution is -2.28. The predicted molar refractivity (Wildman–Crippen MR) is 103 cm³/mol. The molecule has 0 saturated heterocycles. The zero-order valence-electron chi connectivity index (χ0n) is 15.0. The van der Waals surface area contributed by atoms with E-state index in [0.717, 1.165) is 5.56 Å². The molecule has 136 valence electrons. The van der Waals surface area contributed by atoms with Gasteiger partial charge in [0, 0.05) is 12.4 Å². The molecule has 3 rings (SSSR count). The molecular formula is C20H21FN2O2S. The molecule has 0 amide bonds. The number of rotatable bonds is 6. The number of ether oxygens (including phenoxy) is 1. The van der Waals surface area contributed by atoms with Gasteiger partial charge in [-0.3, -0.25) is 9.36 Å². The number of nitrogens with zero attached hydrogens (tertiary/aromatic N) is 2. The van der Waals surface area contributed by atoms with Gasteiger partial charge in [-0.2, -0.15) is 0 Å². The van der Waals surface area contributed by atoms with Gasteiger partial charge in [-0.05, 0) is 43.7 Å². The Labute approximate surface area is 156 Å². The second-order valence-corrected chi connectivity index (χ2v) is 7.51. The van der Waals surface area contributed by atoms with Crippen molar-refractivity contribution in [2.75, 3.05) is 13.7 Å². The molecule has 0 unspecified atom stereocenters. The zero-order chi connectivity index (χ0) is 18.7. The molecule has 0 bridgehead atoms. The molecule has 26 heavy (non-hydrogen) atoms. The summed E-state index contributed by atoms with van der Waals surface area (Å²) in [5.41, 5.74) is 1.57. The van der Waals surface area contributed by atoms with Gasteiger partial charge in [-0.25, -0.2) is 9.37 Å². The highest BCUT2D eigenvalue weighted by Gasteiger charge is 2.19. The normalized spacial score (nSPS) is 13.7. The van der Waals surface area contributed by atoms with E-state index in [1.165, 1.54) is 23.9 Å². The fourth-order valence-electron chi connectivity index (χ4n) is 2.87. The Bertz CT molecular complexity index is 956. The van der Waals surface area contributed by atoms with Gasteiger partial charge in [0.25, 0.3) is 5.56 Å². The van der Waals surface area contributed by atoms with Crippen molar-refractivity contribution in [3.63, 3.8) is 0 Å². The van der Waals surface area contributed by atoms with Gasteiger partial charge < -0.3 is 4.74 Å². The Morgan fingerprint density at radius 2 is 1.85 bits per heavy atom. The standard InChI is InChI=1S/C20H21FN2O2S/c1-13(12-25-3)23-19(24)17-6-4-5-7-18(17)22-20(23)26-14(2)15-8-10-16(21)11-9-15/h4-11,13-14H,12H2,1-3H3/t13-,14+/m1/s1. The first-order valence-corrected chi connectivity index (χ1v) is 9.31. The molecule has 0 spiro atoms. The lowest BCUT2D eigenvalue weighted by Gasteiger charge is -2.21. The van der Waals surface area contributed by atoms with Crippen molar-refractivity contribution in [3.8, 4) is 0 Å². The van der Waals surface area contributed by atoms with Crippen LogP contribution in [-0.2, 0) is 4.74 Å². The summed E-state index contributed by atoms with van der Waals surface area (Å²) in [5.74, 6) is -0.264. The van der Waals surface area contributed by atoms with Crippen LogP contribution < -0.4 is 5.56 Å². The molecule has 4 nitrogen and oxygen atoms in total. The lowest BCUT2D eigenvalue weighted by atomic mass is 10.2. The number of thioether (sulfide) groups is 1. The summed E-state index contributed by atoms with van der Waals surface area (Å²) in [7, 11) is 1.62. The average molecular weight is 372 g/mol. The number of halogens is 1. The summed E-state index contributed by atoms with van der Waals surface area (Å²) in [4.78, 5) is 17.8. The average Bonchev–Trinajstić information content (AvgIpc) is 2.62. The molecule has 3 aromatic rings. The highest BCUT2D eigenvalue weighted by Crippen LogP contribution is 2.34. The second kappa shape index (κ2) is 8.01. The maximum atomic E-state index is 13.2. The number of hydrogen-bond donors (Lipinski definition) is 0. The predicted octanol–water partition coefficient (Wildman–Crippen LogP) is 4.60. The Hall–Kier alpha value is -2.18. The van der Waals surface area contributed by atoms with E-state index in [2.05, 4.69) is 0 Å². The van der Waals surface area contributed by atoms with Gasteiger partial charge >= 0.3 is 0 Å². The van der Waals surface area contributed by atoms with Crippen molar-refractivity contribution in [1.82, 2.24) is 9.55 Å². The van der Waals surface area contributed by atoms with Crippen LogP contribution in [-0.4, -0.2) is 23.3 Å². The minimum atomic E-state index is -0.264. The second-order valence-electron chi connectivity index (χ2n) is 6.20. The van der Waals surface area contributed by atoms with Gasteiger partial charge in [0.05, 0.1) is 23.6 Å². The number of methoxy groups -OCH3 is 1. The van der Waals surface area contributed by atoms with Crippen LogP contribution in [0.5, 0.6) is 0 Å². The molecular weight excluding hydrogens is 351 g/mol. The molecule has 6 heteroatoms. The van der Waals surface area contributed by atoms with E-state index in [-0.39, 0.29) is 22.7 Å². The van der Waals surface area contributed by atoms with Crippen molar-refractivity contribution >= 4 is 22.7 Å². The largest absolute Gasteiger partial charge is 0.383 e. The lowest BCUT2D eigenvalue weighted by molar-refractivity contribution is 0.156. The molecule has 0 aliphatic heterocycles. The van der Waals surface area contributed by atoms with E-state index in [4.69, 9.17) is 9.72 Å². The molecule has 0 N–H and O–H groups in total. The summed E-state index contributed by atoms with van der Waals surface area (Å²) in [5, 5.41) is 1.24. The Morgan fingerprint density at radius 1 is 1.15 bits per heavy atom. The molecule has 0 aliphatic rings. The maximum Gasteiger partial charge on any atom is 0.262 e. The maximum absolute atomic E-state index is 13.2. The van der Waals surface area contributed by atoms with Gasteiger partial charge in [-0.15, -0.1) is 0 Å². The third-order valence-electron chi connectivity index (χ3n) is 4.25. The van der Waals surface area contributed by atoms with E-state index in [1.54, 1.807) is 29.9 Å². The van der Waals surface area contributed by atoms with Gasteiger partial charge in [0.15, 0.2) is 5.16 Å². The van der Waals surface area contributed by atoms with Crippen LogP contribution in [0.3, 0.4) is 0 Å². The van der Waals surface area contributed by atoms with Crippen LogP contribution >= 0.6 is 11.8 Å². The van der Waals surface area contributed by atoms with Crippen molar-refractivity contribution in [2.24, 2.45) is 0 Å². The summed E-state index contributed by atoms with van der Waals surface area (Å²) >= 11 is 1.49. The number of hydrogen-bond acceptors (Lipinski definition) is 4. The number of fused-ring (bicyclic) bond motifs is 1. The summed E-state index contributed by atoms with van der Waals surface area (Å²) in [6.45, 7) is 4.37. The molecule has 1 heterocycles. The number of aromatic nitrogens is 2.